The van der Waals surface area contributed by atoms with Crippen molar-refractivity contribution in [1.82, 2.24) is 4.98 Å². The Morgan fingerprint density at radius 3 is 3.04 bits per heavy atom. The summed E-state index contributed by atoms with van der Waals surface area (Å²) in [6.45, 7) is 0. The lowest BCUT2D eigenvalue weighted by molar-refractivity contribution is 0.102. The van der Waals surface area contributed by atoms with Crippen LogP contribution in [0.3, 0.4) is 0 Å². The minimum Gasteiger partial charge on any atom is -0.379 e. The molecule has 1 aromatic heterocycles. The molecule has 130 valence electrons. The summed E-state index contributed by atoms with van der Waals surface area (Å²) in [6, 6.07) is 12.9. The molecule has 7 heteroatoms. The van der Waals surface area contributed by atoms with E-state index in [2.05, 4.69) is 10.3 Å². The van der Waals surface area contributed by atoms with Gasteiger partial charge < -0.3 is 11.1 Å². The molecule has 3 N–H and O–H groups in total. The lowest BCUT2D eigenvalue weighted by Gasteiger charge is -2.14. The summed E-state index contributed by atoms with van der Waals surface area (Å²) in [5.41, 5.74) is 8.24. The highest BCUT2D eigenvalue weighted by atomic mass is 32.2. The molecule has 1 aliphatic carbocycles. The Balaban J connectivity index is 1.56. The number of anilines is 1. The van der Waals surface area contributed by atoms with Crippen molar-refractivity contribution in [2.24, 2.45) is 16.6 Å². The largest absolute Gasteiger partial charge is 0.379 e. The zero-order valence-electron chi connectivity index (χ0n) is 14.0. The molecule has 1 aromatic carbocycles. The average Bonchev–Trinajstić information content (AvgIpc) is 3.37. The molecule has 0 saturated heterocycles. The summed E-state index contributed by atoms with van der Waals surface area (Å²) in [7, 11) is 0. The predicted molar refractivity (Wildman–Crippen MR) is 102 cm³/mol. The third-order valence-corrected chi connectivity index (χ3v) is 5.67. The molecule has 1 aliphatic heterocycles. The first-order valence-corrected chi connectivity index (χ1v) is 9.35. The zero-order valence-corrected chi connectivity index (χ0v) is 14.8. The van der Waals surface area contributed by atoms with Gasteiger partial charge in [-0.1, -0.05) is 23.9 Å². The first-order chi connectivity index (χ1) is 12.6. The number of nitrogens with zero attached hydrogens (tertiary/aromatic N) is 3. The smallest absolute Gasteiger partial charge is 0.274 e. The van der Waals surface area contributed by atoms with E-state index in [0.717, 1.165) is 24.2 Å². The van der Waals surface area contributed by atoms with Gasteiger partial charge in [-0.25, -0.2) is 4.98 Å². The second-order valence-corrected chi connectivity index (χ2v) is 7.61. The second-order valence-electron chi connectivity index (χ2n) is 6.49. The van der Waals surface area contributed by atoms with Crippen molar-refractivity contribution in [3.05, 3.63) is 59.4 Å². The quantitative estimate of drug-likeness (QED) is 0.872. The van der Waals surface area contributed by atoms with E-state index in [1.807, 2.05) is 30.3 Å². The number of thioether (sulfide) groups is 1. The first-order valence-electron chi connectivity index (χ1n) is 8.37. The van der Waals surface area contributed by atoms with E-state index >= 15 is 0 Å². The van der Waals surface area contributed by atoms with Crippen molar-refractivity contribution in [2.75, 3.05) is 11.1 Å². The summed E-state index contributed by atoms with van der Waals surface area (Å²) in [5.74, 6) is 1.21. The van der Waals surface area contributed by atoms with Crippen LogP contribution in [0.15, 0.2) is 47.6 Å². The molecule has 6 nitrogen and oxygen atoms in total. The highest BCUT2D eigenvalue weighted by Gasteiger charge is 2.56. The number of benzene rings is 1. The maximum atomic E-state index is 12.4. The zero-order chi connectivity index (χ0) is 18.1. The Bertz CT molecular complexity index is 934. The fourth-order valence-corrected chi connectivity index (χ4v) is 4.24. The number of aliphatic imine (C=N–C) groups is 1. The summed E-state index contributed by atoms with van der Waals surface area (Å²) in [4.78, 5) is 21.2. The molecule has 1 fully saturated rings. The predicted octanol–water partition coefficient (Wildman–Crippen LogP) is 2.87. The molecule has 1 amide bonds. The van der Waals surface area contributed by atoms with Gasteiger partial charge in [-0.15, -0.1) is 0 Å². The fraction of sp³-hybridized carbons (Fsp3) is 0.263. The fourth-order valence-electron chi connectivity index (χ4n) is 3.40. The van der Waals surface area contributed by atoms with Crippen molar-refractivity contribution >= 4 is 28.5 Å². The summed E-state index contributed by atoms with van der Waals surface area (Å²) >= 11 is 1.61. The van der Waals surface area contributed by atoms with Gasteiger partial charge in [0.15, 0.2) is 5.17 Å². The summed E-state index contributed by atoms with van der Waals surface area (Å²) < 4.78 is 0. The molecule has 0 bridgehead atoms. The number of nitrogens with two attached hydrogens (primary N) is 1. The Labute approximate surface area is 155 Å². The minimum atomic E-state index is -0.309. The number of hydrogen-bond donors (Lipinski definition) is 2. The van der Waals surface area contributed by atoms with Gasteiger partial charge in [-0.05, 0) is 48.6 Å². The normalized spacial score (nSPS) is 23.8. The number of nitriles is 1. The number of aromatic nitrogens is 1. The molecule has 2 aromatic rings. The van der Waals surface area contributed by atoms with Gasteiger partial charge in [-0.2, -0.15) is 5.26 Å². The SMILES string of the molecule is N#Cc1ccc(C(=O)Nc2cccc([C@@]34C[C@@H]3CCSC(N)=N4)c2)nc1. The van der Waals surface area contributed by atoms with Crippen LogP contribution in [0.2, 0.25) is 0 Å². The van der Waals surface area contributed by atoms with Gasteiger partial charge in [-0.3, -0.25) is 9.79 Å². The van der Waals surface area contributed by atoms with Crippen LogP contribution in [0.25, 0.3) is 0 Å². The number of nitrogens with one attached hydrogen (secondary N) is 1. The standard InChI is InChI=1S/C19H17N5OS/c20-10-12-4-5-16(22-11-12)17(25)23-15-3-1-2-13(8-15)19-9-14(19)6-7-26-18(21)24-19/h1-5,8,11,14H,6-7,9H2,(H2,21,24)(H,23,25)/t14-,19-/m0/s1. The molecule has 4 rings (SSSR count). The van der Waals surface area contributed by atoms with E-state index in [1.165, 1.54) is 6.20 Å². The topological polar surface area (TPSA) is 104 Å². The minimum absolute atomic E-state index is 0.235. The van der Waals surface area contributed by atoms with E-state index in [1.54, 1.807) is 23.9 Å². The van der Waals surface area contributed by atoms with Crippen molar-refractivity contribution in [3.8, 4) is 6.07 Å². The van der Waals surface area contributed by atoms with Crippen molar-refractivity contribution in [1.29, 1.82) is 5.26 Å². The number of amidine groups is 1. The molecule has 1 saturated carbocycles. The number of pyridine rings is 1. The molecule has 0 spiro atoms. The summed E-state index contributed by atoms with van der Waals surface area (Å²) in [5, 5.41) is 12.3. The van der Waals surface area contributed by atoms with E-state index < -0.39 is 0 Å². The van der Waals surface area contributed by atoms with Crippen LogP contribution in [0.5, 0.6) is 0 Å². The number of hydrogen-bond acceptors (Lipinski definition) is 6. The Morgan fingerprint density at radius 1 is 1.38 bits per heavy atom. The third kappa shape index (κ3) is 3.04. The molecule has 0 unspecified atom stereocenters. The first kappa shape index (κ1) is 16.6. The molecular formula is C19H17N5OS. The molecular weight excluding hydrogens is 346 g/mol. The van der Waals surface area contributed by atoms with Crippen LogP contribution < -0.4 is 11.1 Å². The molecule has 26 heavy (non-hydrogen) atoms. The highest BCUT2D eigenvalue weighted by Crippen LogP contribution is 2.59. The molecule has 2 aliphatic rings. The lowest BCUT2D eigenvalue weighted by atomic mass is 10.0. The van der Waals surface area contributed by atoms with Gasteiger partial charge in [0, 0.05) is 17.6 Å². The monoisotopic (exact) mass is 363 g/mol. The number of amides is 1. The van der Waals surface area contributed by atoms with E-state index in [9.17, 15) is 4.79 Å². The van der Waals surface area contributed by atoms with Crippen molar-refractivity contribution in [2.45, 2.75) is 18.4 Å². The average molecular weight is 363 g/mol. The lowest BCUT2D eigenvalue weighted by Crippen LogP contribution is -2.16. The summed E-state index contributed by atoms with van der Waals surface area (Å²) in [6.07, 6.45) is 3.49. The van der Waals surface area contributed by atoms with Gasteiger partial charge >= 0.3 is 0 Å². The van der Waals surface area contributed by atoms with Gasteiger partial charge in [0.2, 0.25) is 0 Å². The number of carbonyl (C=O) groups is 1. The van der Waals surface area contributed by atoms with Gasteiger partial charge in [0.1, 0.15) is 11.8 Å². The molecule has 2 atom stereocenters. The Kier molecular flexibility index (Phi) is 4.13. The van der Waals surface area contributed by atoms with E-state index in [0.29, 0.717) is 22.3 Å². The third-order valence-electron chi connectivity index (χ3n) is 4.84. The molecule has 0 radical (unpaired) electrons. The van der Waals surface area contributed by atoms with Crippen LogP contribution in [0, 0.1) is 17.2 Å². The van der Waals surface area contributed by atoms with Crippen molar-refractivity contribution < 1.29 is 4.79 Å². The van der Waals surface area contributed by atoms with Crippen molar-refractivity contribution in [3.63, 3.8) is 0 Å². The van der Waals surface area contributed by atoms with E-state index in [4.69, 9.17) is 16.0 Å². The maximum absolute atomic E-state index is 12.4. The van der Waals surface area contributed by atoms with Gasteiger partial charge in [0.25, 0.3) is 5.91 Å². The van der Waals surface area contributed by atoms with Crippen LogP contribution in [0.4, 0.5) is 5.69 Å². The second kappa shape index (κ2) is 6.46. The van der Waals surface area contributed by atoms with E-state index in [-0.39, 0.29) is 17.1 Å². The number of rotatable bonds is 3. The van der Waals surface area contributed by atoms with Crippen LogP contribution in [-0.2, 0) is 5.54 Å². The van der Waals surface area contributed by atoms with Crippen LogP contribution in [0.1, 0.15) is 34.5 Å². The molecule has 2 heterocycles. The van der Waals surface area contributed by atoms with Crippen LogP contribution >= 0.6 is 11.8 Å². The van der Waals surface area contributed by atoms with Gasteiger partial charge in [0.05, 0.1) is 11.1 Å². The Morgan fingerprint density at radius 2 is 2.27 bits per heavy atom. The highest BCUT2D eigenvalue weighted by molar-refractivity contribution is 8.13. The van der Waals surface area contributed by atoms with Crippen LogP contribution in [-0.4, -0.2) is 21.8 Å². The number of fused-ring (bicyclic) bond motifs is 1. The number of carbonyl (C=O) groups excluding carboxylic acids is 1. The Hall–Kier alpha value is -2.85. The maximum Gasteiger partial charge on any atom is 0.274 e.